The van der Waals surface area contributed by atoms with Gasteiger partial charge in [-0.05, 0) is 62.4 Å². The molecule has 2 aliphatic carbocycles. The van der Waals surface area contributed by atoms with Crippen LogP contribution in [0.2, 0.25) is 0 Å². The van der Waals surface area contributed by atoms with Crippen molar-refractivity contribution in [3.05, 3.63) is 40.4 Å². The Bertz CT molecular complexity index is 715. The van der Waals surface area contributed by atoms with Crippen LogP contribution in [0.3, 0.4) is 0 Å². The fraction of sp³-hybridized carbons (Fsp3) is 0.471. The van der Waals surface area contributed by atoms with Crippen LogP contribution in [0.5, 0.6) is 0 Å². The highest BCUT2D eigenvalue weighted by Gasteiger charge is 2.71. The number of esters is 1. The molecule has 0 unspecified atom stereocenters. The number of carbonyl (C=O) groups excluding carboxylic acids is 1. The minimum absolute atomic E-state index is 0.0928. The molecule has 0 aromatic heterocycles. The first kappa shape index (κ1) is 13.1. The van der Waals surface area contributed by atoms with E-state index in [1.54, 1.807) is 0 Å². The number of rotatable bonds is 1. The van der Waals surface area contributed by atoms with E-state index in [2.05, 4.69) is 22.9 Å². The lowest BCUT2D eigenvalue weighted by atomic mass is 9.67. The van der Waals surface area contributed by atoms with Crippen LogP contribution in [0.15, 0.2) is 40.4 Å². The second kappa shape index (κ2) is 3.95. The Morgan fingerprint density at radius 3 is 2.82 bits per heavy atom. The Kier molecular flexibility index (Phi) is 2.36. The van der Waals surface area contributed by atoms with E-state index in [4.69, 9.17) is 9.57 Å². The number of halogens is 1. The van der Waals surface area contributed by atoms with Crippen molar-refractivity contribution in [3.8, 4) is 0 Å². The van der Waals surface area contributed by atoms with Crippen molar-refractivity contribution in [1.82, 2.24) is 0 Å². The maximum absolute atomic E-state index is 12.4. The molecule has 2 saturated heterocycles. The molecule has 22 heavy (non-hydrogen) atoms. The van der Waals surface area contributed by atoms with E-state index in [0.717, 1.165) is 35.0 Å². The molecule has 0 N–H and O–H groups in total. The predicted octanol–water partition coefficient (Wildman–Crippen LogP) is 3.36. The van der Waals surface area contributed by atoms with Gasteiger partial charge >= 0.3 is 5.97 Å². The third kappa shape index (κ3) is 1.39. The summed E-state index contributed by atoms with van der Waals surface area (Å²) in [6, 6.07) is 8.07. The molecule has 4 nitrogen and oxygen atoms in total. The number of hydrogen-bond acceptors (Lipinski definition) is 4. The van der Waals surface area contributed by atoms with Gasteiger partial charge in [-0.1, -0.05) is 15.9 Å². The van der Waals surface area contributed by atoms with E-state index >= 15 is 0 Å². The van der Waals surface area contributed by atoms with E-state index in [1.807, 2.05) is 35.4 Å². The highest BCUT2D eigenvalue weighted by atomic mass is 79.9. The molecular weight excluding hydrogens is 346 g/mol. The topological polar surface area (TPSA) is 38.8 Å². The minimum atomic E-state index is -0.428. The Balaban J connectivity index is 1.73. The highest BCUT2D eigenvalue weighted by Crippen LogP contribution is 2.62. The van der Waals surface area contributed by atoms with Gasteiger partial charge in [-0.15, -0.1) is 0 Å². The molecule has 114 valence electrons. The minimum Gasteiger partial charge on any atom is -0.456 e. The Hall–Kier alpha value is -1.33. The standard InChI is InChI=1S/C17H16BrNO3/c1-16-8-10-2-7-14-17(10,13(9-16)15(20)21-14)19(22-16)12-5-3-11(18)4-6-12/h3-6,9-10,14H,2,7-8H2,1H3/t10-,14-,16-,17+/m1/s1. The molecule has 1 aromatic rings. The molecule has 0 amide bonds. The molecule has 2 bridgehead atoms. The number of ether oxygens (including phenoxy) is 1. The summed E-state index contributed by atoms with van der Waals surface area (Å²) in [4.78, 5) is 18.7. The summed E-state index contributed by atoms with van der Waals surface area (Å²) in [5, 5.41) is 1.98. The molecule has 1 saturated carbocycles. The number of carbonyl (C=O) groups is 1. The molecule has 1 spiro atoms. The van der Waals surface area contributed by atoms with Crippen molar-refractivity contribution in [2.24, 2.45) is 5.92 Å². The van der Waals surface area contributed by atoms with Crippen LogP contribution >= 0.6 is 15.9 Å². The first-order valence-electron chi connectivity index (χ1n) is 7.72. The summed E-state index contributed by atoms with van der Waals surface area (Å²) in [7, 11) is 0. The molecule has 5 aliphatic rings. The summed E-state index contributed by atoms with van der Waals surface area (Å²) >= 11 is 3.47. The highest BCUT2D eigenvalue weighted by molar-refractivity contribution is 9.10. The van der Waals surface area contributed by atoms with Crippen LogP contribution in [0.1, 0.15) is 26.2 Å². The number of anilines is 1. The lowest BCUT2D eigenvalue weighted by Crippen LogP contribution is -2.67. The van der Waals surface area contributed by atoms with Gasteiger partial charge in [0.1, 0.15) is 17.2 Å². The SMILES string of the molecule is C[C@]12C=C3C(=O)O[C@@H]4CC[C@H](C1)[C@]34N(c1ccc(Br)cc1)O2. The van der Waals surface area contributed by atoms with Gasteiger partial charge in [0.05, 0.1) is 11.3 Å². The van der Waals surface area contributed by atoms with Crippen LogP contribution < -0.4 is 5.06 Å². The molecule has 0 radical (unpaired) electrons. The lowest BCUT2D eigenvalue weighted by molar-refractivity contribution is -0.139. The van der Waals surface area contributed by atoms with Crippen LogP contribution in [0, 0.1) is 5.92 Å². The molecule has 3 heterocycles. The Labute approximate surface area is 137 Å². The van der Waals surface area contributed by atoms with Crippen molar-refractivity contribution in [2.75, 3.05) is 5.06 Å². The van der Waals surface area contributed by atoms with E-state index in [-0.39, 0.29) is 12.1 Å². The first-order chi connectivity index (χ1) is 10.5. The molecular formula is C17H16BrNO3. The third-order valence-corrected chi connectivity index (χ3v) is 6.12. The van der Waals surface area contributed by atoms with Gasteiger partial charge in [0.25, 0.3) is 0 Å². The Morgan fingerprint density at radius 1 is 1.27 bits per heavy atom. The van der Waals surface area contributed by atoms with E-state index in [0.29, 0.717) is 5.92 Å². The maximum atomic E-state index is 12.4. The van der Waals surface area contributed by atoms with Crippen molar-refractivity contribution in [2.45, 2.75) is 43.4 Å². The van der Waals surface area contributed by atoms with Crippen molar-refractivity contribution >= 4 is 27.6 Å². The largest absolute Gasteiger partial charge is 0.456 e. The number of fused-ring (bicyclic) bond motifs is 1. The molecule has 3 aliphatic heterocycles. The van der Waals surface area contributed by atoms with Crippen LogP contribution in [0.25, 0.3) is 0 Å². The van der Waals surface area contributed by atoms with Gasteiger partial charge in [-0.25, -0.2) is 9.86 Å². The third-order valence-electron chi connectivity index (χ3n) is 5.59. The monoisotopic (exact) mass is 361 g/mol. The van der Waals surface area contributed by atoms with Gasteiger partial charge < -0.3 is 4.74 Å². The zero-order valence-electron chi connectivity index (χ0n) is 12.2. The average Bonchev–Trinajstić information content (AvgIpc) is 2.98. The number of hydrogen-bond donors (Lipinski definition) is 0. The second-order valence-corrected chi connectivity index (χ2v) is 7.85. The van der Waals surface area contributed by atoms with Gasteiger partial charge in [-0.3, -0.25) is 4.84 Å². The van der Waals surface area contributed by atoms with Crippen LogP contribution in [-0.4, -0.2) is 23.2 Å². The van der Waals surface area contributed by atoms with Crippen molar-refractivity contribution in [1.29, 1.82) is 0 Å². The fourth-order valence-electron chi connectivity index (χ4n) is 4.84. The molecule has 6 rings (SSSR count). The smallest absolute Gasteiger partial charge is 0.336 e. The van der Waals surface area contributed by atoms with Gasteiger partial charge in [-0.2, -0.15) is 0 Å². The summed E-state index contributed by atoms with van der Waals surface area (Å²) in [5.41, 5.74) is 0.938. The quantitative estimate of drug-likeness (QED) is 0.719. The molecule has 5 heteroatoms. The lowest BCUT2D eigenvalue weighted by Gasteiger charge is -2.57. The molecule has 4 atom stereocenters. The van der Waals surface area contributed by atoms with Gasteiger partial charge in [0.2, 0.25) is 0 Å². The van der Waals surface area contributed by atoms with Gasteiger partial charge in [0, 0.05) is 4.47 Å². The van der Waals surface area contributed by atoms with Gasteiger partial charge in [0.15, 0.2) is 0 Å². The Morgan fingerprint density at radius 2 is 2.05 bits per heavy atom. The summed E-state index contributed by atoms with van der Waals surface area (Å²) in [5.74, 6) is 0.248. The van der Waals surface area contributed by atoms with Crippen molar-refractivity contribution < 1.29 is 14.4 Å². The average molecular weight is 362 g/mol. The summed E-state index contributed by atoms with van der Waals surface area (Å²) < 4.78 is 6.73. The number of nitrogens with zero attached hydrogens (tertiary/aromatic N) is 1. The summed E-state index contributed by atoms with van der Waals surface area (Å²) in [6.45, 7) is 2.06. The molecule has 3 fully saturated rings. The molecule has 1 aromatic carbocycles. The van der Waals surface area contributed by atoms with E-state index < -0.39 is 11.1 Å². The van der Waals surface area contributed by atoms with Crippen molar-refractivity contribution in [3.63, 3.8) is 0 Å². The van der Waals surface area contributed by atoms with E-state index in [9.17, 15) is 4.79 Å². The zero-order valence-corrected chi connectivity index (χ0v) is 13.8. The van der Waals surface area contributed by atoms with Crippen LogP contribution in [-0.2, 0) is 14.4 Å². The zero-order chi connectivity index (χ0) is 15.1. The van der Waals surface area contributed by atoms with E-state index in [1.165, 1.54) is 0 Å². The predicted molar refractivity (Wildman–Crippen MR) is 84.1 cm³/mol. The number of hydroxylamine groups is 1. The fourth-order valence-corrected chi connectivity index (χ4v) is 5.10. The summed E-state index contributed by atoms with van der Waals surface area (Å²) in [6.07, 6.45) is 4.87. The maximum Gasteiger partial charge on any atom is 0.336 e. The second-order valence-electron chi connectivity index (χ2n) is 6.93. The normalized spacial score (nSPS) is 41.5. The number of benzene rings is 1. The first-order valence-corrected chi connectivity index (χ1v) is 8.51. The van der Waals surface area contributed by atoms with Crippen LogP contribution in [0.4, 0.5) is 5.69 Å².